The minimum Gasteiger partial charge on any atom is -0.581 e. The number of hydrogen-bond acceptors (Lipinski definition) is 3. The lowest BCUT2D eigenvalue weighted by Crippen LogP contribution is -1.76. The molecule has 0 N–H and O–H groups in total. The highest BCUT2D eigenvalue weighted by Gasteiger charge is 1.96. The van der Waals surface area contributed by atoms with Gasteiger partial charge in [-0.1, -0.05) is 11.2 Å². The molecule has 0 spiro atoms. The van der Waals surface area contributed by atoms with Gasteiger partial charge in [0.1, 0.15) is 12.0 Å². The monoisotopic (exact) mass is 134 g/mol. The summed E-state index contributed by atoms with van der Waals surface area (Å²) in [5.41, 5.74) is 1.46. The molecule has 2 heterocycles. The van der Waals surface area contributed by atoms with Crippen LogP contribution in [0.1, 0.15) is 0 Å². The van der Waals surface area contributed by atoms with Crippen LogP contribution in [0.25, 0.3) is 11.4 Å². The van der Waals surface area contributed by atoms with Crippen molar-refractivity contribution in [3.63, 3.8) is 0 Å². The van der Waals surface area contributed by atoms with E-state index in [0.29, 0.717) is 0 Å². The molecule has 10 heavy (non-hydrogen) atoms. The number of nitrogens with zero attached hydrogens (tertiary/aromatic N) is 3. The molecule has 0 bridgehead atoms. The zero-order valence-electron chi connectivity index (χ0n) is 5.06. The predicted molar refractivity (Wildman–Crippen MR) is 33.1 cm³/mol. The minimum absolute atomic E-state index is 0.720. The summed E-state index contributed by atoms with van der Waals surface area (Å²) in [6, 6.07) is 3.52. The van der Waals surface area contributed by atoms with Crippen molar-refractivity contribution in [3.8, 4) is 11.4 Å². The van der Waals surface area contributed by atoms with Crippen LogP contribution in [0.2, 0.25) is 0 Å². The van der Waals surface area contributed by atoms with Gasteiger partial charge in [0.15, 0.2) is 0 Å². The van der Waals surface area contributed by atoms with Crippen LogP contribution in [0.4, 0.5) is 0 Å². The molecule has 0 saturated heterocycles. The van der Waals surface area contributed by atoms with Crippen molar-refractivity contribution in [1.82, 2.24) is 15.4 Å². The molecule has 2 rings (SSSR count). The third kappa shape index (κ3) is 0.699. The largest absolute Gasteiger partial charge is 0.581 e. The Morgan fingerprint density at radius 1 is 1.30 bits per heavy atom. The SMILES string of the molecule is c1cc(-c2ccon2)n[n-]1. The van der Waals surface area contributed by atoms with E-state index >= 15 is 0 Å². The molecule has 0 unspecified atom stereocenters. The second kappa shape index (κ2) is 1.98. The van der Waals surface area contributed by atoms with Crippen LogP contribution in [0, 0.1) is 0 Å². The summed E-state index contributed by atoms with van der Waals surface area (Å²) in [5, 5.41) is 11.1. The van der Waals surface area contributed by atoms with Crippen molar-refractivity contribution in [3.05, 3.63) is 24.6 Å². The Labute approximate surface area is 56.9 Å². The van der Waals surface area contributed by atoms with Gasteiger partial charge >= 0.3 is 0 Å². The van der Waals surface area contributed by atoms with Crippen LogP contribution >= 0.6 is 0 Å². The molecule has 0 aliphatic carbocycles. The zero-order chi connectivity index (χ0) is 6.81. The first-order valence-electron chi connectivity index (χ1n) is 2.82. The first kappa shape index (κ1) is 5.22. The Hall–Kier alpha value is -1.58. The average molecular weight is 134 g/mol. The Morgan fingerprint density at radius 2 is 2.30 bits per heavy atom. The summed E-state index contributed by atoms with van der Waals surface area (Å²) in [5.74, 6) is 0. The summed E-state index contributed by atoms with van der Waals surface area (Å²) >= 11 is 0. The summed E-state index contributed by atoms with van der Waals surface area (Å²) in [4.78, 5) is 0. The molecule has 0 atom stereocenters. The van der Waals surface area contributed by atoms with Gasteiger partial charge in [0.25, 0.3) is 0 Å². The van der Waals surface area contributed by atoms with E-state index in [4.69, 9.17) is 0 Å². The Bertz CT molecular complexity index is 252. The number of rotatable bonds is 1. The van der Waals surface area contributed by atoms with Gasteiger partial charge < -0.3 is 14.7 Å². The van der Waals surface area contributed by atoms with E-state index in [1.165, 1.54) is 6.26 Å². The van der Waals surface area contributed by atoms with E-state index < -0.39 is 0 Å². The normalized spacial score (nSPS) is 10.0. The van der Waals surface area contributed by atoms with Crippen LogP contribution in [-0.4, -0.2) is 10.3 Å². The van der Waals surface area contributed by atoms with Crippen molar-refractivity contribution in [2.24, 2.45) is 0 Å². The fourth-order valence-corrected chi connectivity index (χ4v) is 0.714. The molecule has 0 aliphatic rings. The topological polar surface area (TPSA) is 53.0 Å². The van der Waals surface area contributed by atoms with Crippen LogP contribution in [-0.2, 0) is 0 Å². The summed E-state index contributed by atoms with van der Waals surface area (Å²) in [7, 11) is 0. The second-order valence-corrected chi connectivity index (χ2v) is 1.80. The lowest BCUT2D eigenvalue weighted by atomic mass is 10.3. The lowest BCUT2D eigenvalue weighted by molar-refractivity contribution is 0.422. The molecule has 0 aromatic carbocycles. The van der Waals surface area contributed by atoms with E-state index in [1.807, 2.05) is 0 Å². The molecule has 0 fully saturated rings. The maximum Gasteiger partial charge on any atom is 0.130 e. The minimum atomic E-state index is 0.720. The highest BCUT2D eigenvalue weighted by Crippen LogP contribution is 2.10. The van der Waals surface area contributed by atoms with Crippen molar-refractivity contribution in [1.29, 1.82) is 0 Å². The summed E-state index contributed by atoms with van der Waals surface area (Å²) in [6.07, 6.45) is 3.12. The van der Waals surface area contributed by atoms with Gasteiger partial charge in [-0.2, -0.15) is 6.20 Å². The highest BCUT2D eigenvalue weighted by atomic mass is 16.5. The first-order valence-corrected chi connectivity index (χ1v) is 2.82. The fourth-order valence-electron chi connectivity index (χ4n) is 0.714. The molecular weight excluding hydrogens is 130 g/mol. The number of hydrogen-bond donors (Lipinski definition) is 0. The van der Waals surface area contributed by atoms with E-state index in [-0.39, 0.29) is 0 Å². The highest BCUT2D eigenvalue weighted by molar-refractivity contribution is 5.51. The Kier molecular flexibility index (Phi) is 1.04. The van der Waals surface area contributed by atoms with Crippen molar-refractivity contribution < 1.29 is 4.52 Å². The molecule has 2 aromatic rings. The molecule has 4 heteroatoms. The molecule has 0 aliphatic heterocycles. The fraction of sp³-hybridized carbons (Fsp3) is 0. The van der Waals surface area contributed by atoms with Crippen LogP contribution in [0.15, 0.2) is 29.1 Å². The summed E-state index contributed by atoms with van der Waals surface area (Å²) < 4.78 is 4.62. The van der Waals surface area contributed by atoms with Gasteiger partial charge in [-0.15, -0.1) is 0 Å². The Balaban J connectivity index is 2.48. The molecule has 2 aromatic heterocycles. The van der Waals surface area contributed by atoms with Crippen molar-refractivity contribution in [2.45, 2.75) is 0 Å². The van der Waals surface area contributed by atoms with E-state index in [1.54, 1.807) is 18.3 Å². The van der Waals surface area contributed by atoms with Gasteiger partial charge in [0.2, 0.25) is 0 Å². The molecule has 4 nitrogen and oxygen atoms in total. The zero-order valence-corrected chi connectivity index (χ0v) is 5.06. The van der Waals surface area contributed by atoms with Gasteiger partial charge in [-0.3, -0.25) is 0 Å². The third-order valence-electron chi connectivity index (χ3n) is 1.16. The lowest BCUT2D eigenvalue weighted by Gasteiger charge is -1.87. The molecule has 0 radical (unpaired) electrons. The van der Waals surface area contributed by atoms with Gasteiger partial charge in [0.05, 0.1) is 5.69 Å². The van der Waals surface area contributed by atoms with Crippen LogP contribution in [0.5, 0.6) is 0 Å². The maximum absolute atomic E-state index is 4.62. The maximum atomic E-state index is 4.62. The van der Waals surface area contributed by atoms with Crippen molar-refractivity contribution in [2.75, 3.05) is 0 Å². The third-order valence-corrected chi connectivity index (χ3v) is 1.16. The molecule has 0 saturated carbocycles. The van der Waals surface area contributed by atoms with Crippen LogP contribution in [0.3, 0.4) is 0 Å². The van der Waals surface area contributed by atoms with Gasteiger partial charge in [-0.05, 0) is 0 Å². The van der Waals surface area contributed by atoms with Crippen molar-refractivity contribution >= 4 is 0 Å². The second-order valence-electron chi connectivity index (χ2n) is 1.80. The van der Waals surface area contributed by atoms with Gasteiger partial charge in [-0.25, -0.2) is 0 Å². The smallest absolute Gasteiger partial charge is 0.130 e. The predicted octanol–water partition coefficient (Wildman–Crippen LogP) is 0.694. The Morgan fingerprint density at radius 3 is 2.90 bits per heavy atom. The standard InChI is InChI=1S/C6H4N3O/c1-3-7-8-5(1)6-2-4-10-9-6/h1-4H/q-1. The van der Waals surface area contributed by atoms with E-state index in [9.17, 15) is 0 Å². The van der Waals surface area contributed by atoms with Crippen LogP contribution < -0.4 is 5.10 Å². The van der Waals surface area contributed by atoms with E-state index in [0.717, 1.165) is 11.4 Å². The summed E-state index contributed by atoms with van der Waals surface area (Å²) in [6.45, 7) is 0. The quantitative estimate of drug-likeness (QED) is 0.575. The molecule has 0 amide bonds. The average Bonchev–Trinajstić information content (AvgIpc) is 2.59. The first-order chi connectivity index (χ1) is 4.97. The molecular formula is C6H4N3O-. The number of aromatic nitrogens is 3. The van der Waals surface area contributed by atoms with Gasteiger partial charge in [0, 0.05) is 6.07 Å². The van der Waals surface area contributed by atoms with E-state index in [2.05, 4.69) is 19.9 Å². The molecule has 50 valence electrons.